The fourth-order valence-corrected chi connectivity index (χ4v) is 1.56. The van der Waals surface area contributed by atoms with Gasteiger partial charge in [-0.1, -0.05) is 12.1 Å². The number of carboxylic acids is 1. The van der Waals surface area contributed by atoms with E-state index in [1.807, 2.05) is 0 Å². The summed E-state index contributed by atoms with van der Waals surface area (Å²) >= 11 is 0. The van der Waals surface area contributed by atoms with Crippen LogP contribution in [0.1, 0.15) is 12.5 Å². The molecule has 114 valence electrons. The van der Waals surface area contributed by atoms with E-state index < -0.39 is 18.5 Å². The van der Waals surface area contributed by atoms with Crippen molar-refractivity contribution in [2.24, 2.45) is 0 Å². The third-order valence-electron chi connectivity index (χ3n) is 2.39. The molecular weight excluding hydrogens is 276 g/mol. The molecule has 0 spiro atoms. The van der Waals surface area contributed by atoms with Crippen LogP contribution in [0.25, 0.3) is 0 Å². The molecule has 0 aromatic heterocycles. The fourth-order valence-electron chi connectivity index (χ4n) is 1.56. The van der Waals surface area contributed by atoms with Gasteiger partial charge in [-0.15, -0.1) is 6.58 Å². The van der Waals surface area contributed by atoms with Crippen LogP contribution >= 0.6 is 0 Å². The predicted octanol–water partition coefficient (Wildman–Crippen LogP) is 1.82. The first-order chi connectivity index (χ1) is 10.1. The highest BCUT2D eigenvalue weighted by molar-refractivity contribution is 5.71. The third-order valence-corrected chi connectivity index (χ3v) is 2.39. The van der Waals surface area contributed by atoms with Crippen molar-refractivity contribution >= 4 is 11.9 Å². The second-order valence-electron chi connectivity index (χ2n) is 4.05. The second kappa shape index (κ2) is 8.63. The van der Waals surface area contributed by atoms with Crippen molar-refractivity contribution < 1.29 is 28.9 Å². The lowest BCUT2D eigenvalue weighted by Crippen LogP contribution is -2.16. The predicted molar refractivity (Wildman–Crippen MR) is 75.6 cm³/mol. The molecule has 0 aliphatic carbocycles. The quantitative estimate of drug-likeness (QED) is 0.552. The van der Waals surface area contributed by atoms with Gasteiger partial charge in [0.1, 0.15) is 0 Å². The van der Waals surface area contributed by atoms with Gasteiger partial charge in [0, 0.05) is 0 Å². The van der Waals surface area contributed by atoms with Crippen LogP contribution in [0, 0.1) is 0 Å². The molecule has 1 aromatic rings. The molecule has 1 N–H and O–H groups in total. The van der Waals surface area contributed by atoms with E-state index >= 15 is 0 Å². The molecule has 0 atom stereocenters. The van der Waals surface area contributed by atoms with Gasteiger partial charge in [-0.3, -0.25) is 0 Å². The van der Waals surface area contributed by atoms with Gasteiger partial charge in [0.05, 0.1) is 6.61 Å². The van der Waals surface area contributed by atoms with E-state index in [1.165, 1.54) is 0 Å². The van der Waals surface area contributed by atoms with E-state index in [0.717, 1.165) is 5.56 Å². The Morgan fingerprint density at radius 3 is 2.57 bits per heavy atom. The van der Waals surface area contributed by atoms with E-state index in [0.29, 0.717) is 12.2 Å². The summed E-state index contributed by atoms with van der Waals surface area (Å²) in [6, 6.07) is 5.05. The van der Waals surface area contributed by atoms with Crippen LogP contribution in [0.5, 0.6) is 11.5 Å². The molecule has 0 radical (unpaired) electrons. The number of carbonyl (C=O) groups is 2. The number of hydrogen-bond acceptors (Lipinski definition) is 5. The average Bonchev–Trinajstić information content (AvgIpc) is 2.44. The third kappa shape index (κ3) is 5.99. The standard InChI is InChI=1S/C15H18O6/c1-3-5-11-6-7-12(20-9-14(16)17)13(8-11)21-10-15(18)19-4-2/h3,6-8H,1,4-5,9-10H2,2H3,(H,16,17). The number of hydrogen-bond donors (Lipinski definition) is 1. The molecule has 1 aromatic carbocycles. The van der Waals surface area contributed by atoms with Gasteiger partial charge in [-0.25, -0.2) is 9.59 Å². The molecule has 0 fully saturated rings. The Labute approximate surface area is 122 Å². The van der Waals surface area contributed by atoms with Gasteiger partial charge in [-0.2, -0.15) is 0 Å². The first-order valence-corrected chi connectivity index (χ1v) is 6.43. The maximum Gasteiger partial charge on any atom is 0.344 e. The van der Waals surface area contributed by atoms with Crippen molar-refractivity contribution in [2.45, 2.75) is 13.3 Å². The molecule has 0 heterocycles. The summed E-state index contributed by atoms with van der Waals surface area (Å²) in [5.74, 6) is -1.05. The van der Waals surface area contributed by atoms with Crippen molar-refractivity contribution in [1.82, 2.24) is 0 Å². The lowest BCUT2D eigenvalue weighted by molar-refractivity contribution is -0.145. The Morgan fingerprint density at radius 2 is 1.95 bits per heavy atom. The molecule has 6 nitrogen and oxygen atoms in total. The van der Waals surface area contributed by atoms with Gasteiger partial charge in [0.15, 0.2) is 24.7 Å². The summed E-state index contributed by atoms with van der Waals surface area (Å²) in [5, 5.41) is 8.64. The number of ether oxygens (including phenoxy) is 3. The molecular formula is C15H18O6. The topological polar surface area (TPSA) is 82.1 Å². The summed E-state index contributed by atoms with van der Waals surface area (Å²) in [5.41, 5.74) is 0.909. The zero-order chi connectivity index (χ0) is 15.7. The highest BCUT2D eigenvalue weighted by Crippen LogP contribution is 2.28. The Hall–Kier alpha value is -2.50. The summed E-state index contributed by atoms with van der Waals surface area (Å²) in [7, 11) is 0. The molecule has 0 bridgehead atoms. The molecule has 21 heavy (non-hydrogen) atoms. The second-order valence-corrected chi connectivity index (χ2v) is 4.05. The molecule has 0 saturated carbocycles. The van der Waals surface area contributed by atoms with Crippen LogP contribution in [-0.4, -0.2) is 36.9 Å². The maximum absolute atomic E-state index is 11.3. The Kier molecular flexibility index (Phi) is 6.80. The average molecular weight is 294 g/mol. The Morgan fingerprint density at radius 1 is 1.24 bits per heavy atom. The fraction of sp³-hybridized carbons (Fsp3) is 0.333. The highest BCUT2D eigenvalue weighted by atomic mass is 16.6. The van der Waals surface area contributed by atoms with Crippen molar-refractivity contribution in [3.05, 3.63) is 36.4 Å². The molecule has 6 heteroatoms. The van der Waals surface area contributed by atoms with Gasteiger partial charge >= 0.3 is 11.9 Å². The van der Waals surface area contributed by atoms with E-state index in [9.17, 15) is 9.59 Å². The SMILES string of the molecule is C=CCc1ccc(OCC(=O)O)c(OCC(=O)OCC)c1. The van der Waals surface area contributed by atoms with Crippen LogP contribution < -0.4 is 9.47 Å². The number of carboxylic acid groups (broad SMARTS) is 1. The van der Waals surface area contributed by atoms with Crippen LogP contribution in [0.2, 0.25) is 0 Å². The van der Waals surface area contributed by atoms with E-state index in [-0.39, 0.29) is 19.0 Å². The lowest BCUT2D eigenvalue weighted by atomic mass is 10.1. The summed E-state index contributed by atoms with van der Waals surface area (Å²) in [4.78, 5) is 21.9. The van der Waals surface area contributed by atoms with Gasteiger partial charge in [0.2, 0.25) is 0 Å². The first-order valence-electron chi connectivity index (χ1n) is 6.43. The summed E-state index contributed by atoms with van der Waals surface area (Å²) in [6.07, 6.45) is 2.34. The molecule has 0 aliphatic rings. The van der Waals surface area contributed by atoms with E-state index in [2.05, 4.69) is 6.58 Å². The van der Waals surface area contributed by atoms with Crippen LogP contribution in [0.4, 0.5) is 0 Å². The first kappa shape index (κ1) is 16.6. The lowest BCUT2D eigenvalue weighted by Gasteiger charge is -2.12. The van der Waals surface area contributed by atoms with Gasteiger partial charge in [-0.05, 0) is 31.0 Å². The van der Waals surface area contributed by atoms with Crippen molar-refractivity contribution in [3.8, 4) is 11.5 Å². The minimum Gasteiger partial charge on any atom is -0.479 e. The van der Waals surface area contributed by atoms with Crippen molar-refractivity contribution in [2.75, 3.05) is 19.8 Å². The number of benzene rings is 1. The number of rotatable bonds is 9. The maximum atomic E-state index is 11.3. The summed E-state index contributed by atoms with van der Waals surface area (Å²) in [6.45, 7) is 4.85. The zero-order valence-corrected chi connectivity index (χ0v) is 11.8. The van der Waals surface area contributed by atoms with Crippen LogP contribution in [-0.2, 0) is 20.7 Å². The van der Waals surface area contributed by atoms with Gasteiger partial charge < -0.3 is 19.3 Å². The number of esters is 1. The molecule has 0 unspecified atom stereocenters. The van der Waals surface area contributed by atoms with Crippen molar-refractivity contribution in [3.63, 3.8) is 0 Å². The number of aliphatic carboxylic acids is 1. The molecule has 1 rings (SSSR count). The normalized spacial score (nSPS) is 9.76. The van der Waals surface area contributed by atoms with E-state index in [4.69, 9.17) is 19.3 Å². The minimum atomic E-state index is -1.10. The molecule has 0 amide bonds. The van der Waals surface area contributed by atoms with E-state index in [1.54, 1.807) is 31.2 Å². The van der Waals surface area contributed by atoms with Crippen LogP contribution in [0.3, 0.4) is 0 Å². The number of carbonyl (C=O) groups excluding carboxylic acids is 1. The minimum absolute atomic E-state index is 0.259. The highest BCUT2D eigenvalue weighted by Gasteiger charge is 2.11. The van der Waals surface area contributed by atoms with Crippen LogP contribution in [0.15, 0.2) is 30.9 Å². The number of allylic oxidation sites excluding steroid dienone is 1. The molecule has 0 aliphatic heterocycles. The Bertz CT molecular complexity index is 509. The van der Waals surface area contributed by atoms with Gasteiger partial charge in [0.25, 0.3) is 0 Å². The Balaban J connectivity index is 2.82. The molecule has 0 saturated heterocycles. The monoisotopic (exact) mass is 294 g/mol. The largest absolute Gasteiger partial charge is 0.479 e. The summed E-state index contributed by atoms with van der Waals surface area (Å²) < 4.78 is 15.2. The van der Waals surface area contributed by atoms with Crippen molar-refractivity contribution in [1.29, 1.82) is 0 Å². The zero-order valence-electron chi connectivity index (χ0n) is 11.8. The smallest absolute Gasteiger partial charge is 0.344 e.